The fourth-order valence-corrected chi connectivity index (χ4v) is 9.84. The van der Waals surface area contributed by atoms with Crippen LogP contribution in [0.5, 0.6) is 5.88 Å². The number of sulfonamides is 1. The number of nitrogens with one attached hydrogen (secondary N) is 1. The number of aryl methyl sites for hydroxylation is 4. The Balaban J connectivity index is 1.26. The molecule has 15 heteroatoms. The van der Waals surface area contributed by atoms with Gasteiger partial charge in [0.1, 0.15) is 22.1 Å². The second kappa shape index (κ2) is 15.1. The Labute approximate surface area is 323 Å². The van der Waals surface area contributed by atoms with E-state index in [1.54, 1.807) is 19.9 Å². The molecule has 55 heavy (non-hydrogen) atoms. The maximum absolute atomic E-state index is 14.8. The molecule has 3 aromatic heterocycles. The van der Waals surface area contributed by atoms with Gasteiger partial charge in [-0.15, -0.1) is 10.2 Å². The minimum Gasteiger partial charge on any atom is -0.481 e. The molecule has 14 nitrogen and oxygen atoms in total. The summed E-state index contributed by atoms with van der Waals surface area (Å²) < 4.78 is 51.0. The number of benzene rings is 1. The third-order valence-corrected chi connectivity index (χ3v) is 13.4. The first-order valence-electron chi connectivity index (χ1n) is 19.1. The Morgan fingerprint density at radius 1 is 1.00 bits per heavy atom. The van der Waals surface area contributed by atoms with Gasteiger partial charge in [0.15, 0.2) is 5.65 Å². The van der Waals surface area contributed by atoms with Crippen molar-refractivity contribution in [1.82, 2.24) is 28.8 Å². The number of hydrogen-bond donors (Lipinski definition) is 2. The van der Waals surface area contributed by atoms with Crippen molar-refractivity contribution < 1.29 is 32.5 Å². The first-order valence-corrected chi connectivity index (χ1v) is 20.5. The predicted octanol–water partition coefficient (Wildman–Crippen LogP) is 4.87. The topological polar surface area (TPSA) is 161 Å². The molecule has 0 saturated carbocycles. The molecule has 6 heterocycles. The number of anilines is 1. The number of pyridine rings is 2. The first kappa shape index (κ1) is 39.1. The van der Waals surface area contributed by atoms with Gasteiger partial charge < -0.3 is 24.6 Å². The summed E-state index contributed by atoms with van der Waals surface area (Å²) >= 11 is 0. The normalized spacial score (nSPS) is 20.1. The number of aliphatic carboxylic acids is 1. The van der Waals surface area contributed by atoms with Crippen LogP contribution in [0.1, 0.15) is 78.7 Å². The molecule has 1 unspecified atom stereocenters. The molecule has 3 aliphatic rings. The zero-order valence-corrected chi connectivity index (χ0v) is 33.7. The molecule has 0 amide bonds. The summed E-state index contributed by atoms with van der Waals surface area (Å²) in [5.74, 6) is -0.107. The monoisotopic (exact) mass is 775 g/mol. The standard InChI is InChI=1S/C40H53N7O7S/c1-25-8-9-30(34(39(6,7)38(48)49)32-10-13-47-29(5)43-44-36(47)28(32)4)21-31(25)23-46-24-40(11-16-52-17-12-40)54-37-33(55(46,50)51)20-26(2)35(42-37)41-27(3)22-45-14-18-53-19-15-45/h8-10,13,20-21,27,34H,11-12,14-19,22-24H2,1-7H3,(H,41,42)(H,48,49)/t27?,34-/m1/s1. The van der Waals surface area contributed by atoms with Gasteiger partial charge in [-0.3, -0.25) is 14.1 Å². The van der Waals surface area contributed by atoms with E-state index in [9.17, 15) is 18.3 Å². The SMILES string of the molecule is Cc1ccc([C@H](c2ccn3c(C)nnc3c2C)C(C)(C)C(=O)O)cc1CN1CC2(CCOCC2)Oc2nc(NC(C)CN3CCOCC3)c(C)cc2S1(=O)=O. The molecule has 3 aliphatic heterocycles. The van der Waals surface area contributed by atoms with Crippen molar-refractivity contribution in [2.75, 3.05) is 57.9 Å². The highest BCUT2D eigenvalue weighted by Crippen LogP contribution is 2.45. The molecule has 0 bridgehead atoms. The second-order valence-corrected chi connectivity index (χ2v) is 18.0. The van der Waals surface area contributed by atoms with E-state index in [-0.39, 0.29) is 29.9 Å². The second-order valence-electron chi connectivity index (χ2n) is 16.1. The van der Waals surface area contributed by atoms with Gasteiger partial charge in [-0.05, 0) is 94.0 Å². The highest BCUT2D eigenvalue weighted by Gasteiger charge is 2.46. The summed E-state index contributed by atoms with van der Waals surface area (Å²) in [4.78, 5) is 20.1. The number of aromatic nitrogens is 4. The van der Waals surface area contributed by atoms with Crippen molar-refractivity contribution in [3.63, 3.8) is 0 Å². The van der Waals surface area contributed by atoms with Gasteiger partial charge in [0, 0.05) is 57.2 Å². The molecule has 1 spiro atoms. The van der Waals surface area contributed by atoms with Crippen LogP contribution < -0.4 is 10.1 Å². The van der Waals surface area contributed by atoms with Crippen LogP contribution in [-0.2, 0) is 30.8 Å². The van der Waals surface area contributed by atoms with E-state index in [2.05, 4.69) is 27.3 Å². The number of fused-ring (bicyclic) bond motifs is 2. The Bertz CT molecular complexity index is 2190. The van der Waals surface area contributed by atoms with E-state index in [0.717, 1.165) is 53.3 Å². The molecule has 2 saturated heterocycles. The lowest BCUT2D eigenvalue weighted by Gasteiger charge is -2.38. The number of hydrogen-bond acceptors (Lipinski definition) is 11. The Morgan fingerprint density at radius 3 is 2.42 bits per heavy atom. The summed E-state index contributed by atoms with van der Waals surface area (Å²) in [5.41, 5.74) is 3.37. The third kappa shape index (κ3) is 7.56. The van der Waals surface area contributed by atoms with Gasteiger partial charge in [0.05, 0.1) is 38.4 Å². The molecular weight excluding hydrogens is 723 g/mol. The average Bonchev–Trinajstić information content (AvgIpc) is 3.49. The molecule has 0 aliphatic carbocycles. The summed E-state index contributed by atoms with van der Waals surface area (Å²) in [6.07, 6.45) is 2.88. The van der Waals surface area contributed by atoms with Crippen LogP contribution in [0.2, 0.25) is 0 Å². The number of ether oxygens (including phenoxy) is 3. The van der Waals surface area contributed by atoms with E-state index in [1.165, 1.54) is 4.31 Å². The number of rotatable bonds is 10. The van der Waals surface area contributed by atoms with E-state index >= 15 is 0 Å². The van der Waals surface area contributed by atoms with E-state index in [1.807, 2.05) is 62.6 Å². The zero-order valence-electron chi connectivity index (χ0n) is 32.9. The Hall–Kier alpha value is -4.15. The van der Waals surface area contributed by atoms with Crippen molar-refractivity contribution in [3.8, 4) is 5.88 Å². The van der Waals surface area contributed by atoms with Gasteiger partial charge in [0.25, 0.3) is 0 Å². The van der Waals surface area contributed by atoms with Gasteiger partial charge in [0.2, 0.25) is 15.9 Å². The Kier molecular flexibility index (Phi) is 10.7. The largest absolute Gasteiger partial charge is 0.481 e. The number of carboxylic acid groups (broad SMARTS) is 1. The van der Waals surface area contributed by atoms with Gasteiger partial charge in [-0.1, -0.05) is 18.2 Å². The number of carboxylic acids is 1. The van der Waals surface area contributed by atoms with Crippen LogP contribution in [0.4, 0.5) is 5.82 Å². The highest BCUT2D eigenvalue weighted by molar-refractivity contribution is 7.89. The number of carbonyl (C=O) groups is 1. The van der Waals surface area contributed by atoms with Gasteiger partial charge in [-0.2, -0.15) is 9.29 Å². The van der Waals surface area contributed by atoms with Crippen molar-refractivity contribution in [1.29, 1.82) is 0 Å². The molecule has 296 valence electrons. The van der Waals surface area contributed by atoms with Crippen LogP contribution in [0, 0.1) is 33.1 Å². The zero-order chi connectivity index (χ0) is 39.3. The predicted molar refractivity (Wildman–Crippen MR) is 207 cm³/mol. The first-order chi connectivity index (χ1) is 26.1. The van der Waals surface area contributed by atoms with Crippen LogP contribution in [0.15, 0.2) is 41.4 Å². The van der Waals surface area contributed by atoms with Gasteiger partial charge in [-0.25, -0.2) is 8.42 Å². The smallest absolute Gasteiger partial charge is 0.310 e. The maximum atomic E-state index is 14.8. The molecular formula is C40H53N7O7S. The van der Waals surface area contributed by atoms with Crippen molar-refractivity contribution in [3.05, 3.63) is 75.7 Å². The minimum atomic E-state index is -4.11. The third-order valence-electron chi connectivity index (χ3n) is 11.6. The van der Waals surface area contributed by atoms with E-state index in [4.69, 9.17) is 19.2 Å². The molecule has 0 radical (unpaired) electrons. The van der Waals surface area contributed by atoms with Crippen LogP contribution in [0.25, 0.3) is 5.65 Å². The average molecular weight is 776 g/mol. The minimum absolute atomic E-state index is 0.0333. The maximum Gasteiger partial charge on any atom is 0.310 e. The molecule has 2 fully saturated rings. The summed E-state index contributed by atoms with van der Waals surface area (Å²) in [5, 5.41) is 22.7. The summed E-state index contributed by atoms with van der Waals surface area (Å²) in [6.45, 7) is 18.2. The lowest BCUT2D eigenvalue weighted by molar-refractivity contribution is -0.147. The molecule has 7 rings (SSSR count). The number of nitrogens with zero attached hydrogens (tertiary/aromatic N) is 6. The fourth-order valence-electron chi connectivity index (χ4n) is 8.22. The van der Waals surface area contributed by atoms with Crippen LogP contribution in [0.3, 0.4) is 0 Å². The lowest BCUT2D eigenvalue weighted by Crippen LogP contribution is -2.50. The molecule has 1 aromatic carbocycles. The summed E-state index contributed by atoms with van der Waals surface area (Å²) in [6, 6.07) is 9.53. The fraction of sp³-hybridized carbons (Fsp3) is 0.550. The van der Waals surface area contributed by atoms with Crippen molar-refractivity contribution in [2.45, 2.75) is 90.3 Å². The molecule has 2 atom stereocenters. The van der Waals surface area contributed by atoms with Gasteiger partial charge >= 0.3 is 5.97 Å². The van der Waals surface area contributed by atoms with E-state index in [0.29, 0.717) is 56.3 Å². The molecule has 2 N–H and O–H groups in total. The lowest BCUT2D eigenvalue weighted by atomic mass is 9.70. The van der Waals surface area contributed by atoms with Crippen molar-refractivity contribution >= 4 is 27.5 Å². The van der Waals surface area contributed by atoms with Crippen LogP contribution >= 0.6 is 0 Å². The molecule has 4 aromatic rings. The quantitative estimate of drug-likeness (QED) is 0.226. The van der Waals surface area contributed by atoms with E-state index < -0.39 is 32.9 Å². The Morgan fingerprint density at radius 2 is 1.71 bits per heavy atom. The summed E-state index contributed by atoms with van der Waals surface area (Å²) in [7, 11) is -4.11. The number of morpholine rings is 1. The van der Waals surface area contributed by atoms with Crippen molar-refractivity contribution in [2.24, 2.45) is 5.41 Å². The highest BCUT2D eigenvalue weighted by atomic mass is 32.2. The van der Waals surface area contributed by atoms with Crippen LogP contribution in [-0.4, -0.2) is 113 Å².